The number of thiophene rings is 1. The van der Waals surface area contributed by atoms with Crippen molar-refractivity contribution in [2.75, 3.05) is 6.26 Å². The molecule has 0 atom stereocenters. The van der Waals surface area contributed by atoms with Crippen molar-refractivity contribution in [2.24, 2.45) is 0 Å². The molecule has 0 saturated heterocycles. The highest BCUT2D eigenvalue weighted by atomic mass is 35.5. The predicted octanol–water partition coefficient (Wildman–Crippen LogP) is 4.53. The Bertz CT molecular complexity index is 898. The molecular formula is C16H12ClNO2S2. The Labute approximate surface area is 138 Å². The van der Waals surface area contributed by atoms with E-state index in [9.17, 15) is 8.42 Å². The van der Waals surface area contributed by atoms with Gasteiger partial charge in [-0.2, -0.15) is 11.3 Å². The highest BCUT2D eigenvalue weighted by molar-refractivity contribution is 7.90. The normalized spacial score (nSPS) is 11.5. The van der Waals surface area contributed by atoms with Gasteiger partial charge in [0.1, 0.15) is 5.15 Å². The van der Waals surface area contributed by atoms with Crippen molar-refractivity contribution in [1.82, 2.24) is 4.98 Å². The van der Waals surface area contributed by atoms with Gasteiger partial charge in [0, 0.05) is 29.1 Å². The average molecular weight is 350 g/mol. The molecule has 6 heteroatoms. The Balaban J connectivity index is 2.03. The van der Waals surface area contributed by atoms with Gasteiger partial charge in [0.2, 0.25) is 0 Å². The van der Waals surface area contributed by atoms with Crippen LogP contribution in [0.5, 0.6) is 0 Å². The molecule has 3 rings (SSSR count). The summed E-state index contributed by atoms with van der Waals surface area (Å²) in [4.78, 5) is 4.43. The quantitative estimate of drug-likeness (QED) is 0.652. The molecule has 112 valence electrons. The molecule has 22 heavy (non-hydrogen) atoms. The van der Waals surface area contributed by atoms with E-state index in [2.05, 4.69) is 4.98 Å². The zero-order chi connectivity index (χ0) is 15.7. The van der Waals surface area contributed by atoms with Crippen LogP contribution in [0, 0.1) is 0 Å². The monoisotopic (exact) mass is 349 g/mol. The van der Waals surface area contributed by atoms with Gasteiger partial charge < -0.3 is 0 Å². The van der Waals surface area contributed by atoms with E-state index >= 15 is 0 Å². The van der Waals surface area contributed by atoms with Gasteiger partial charge in [-0.1, -0.05) is 23.7 Å². The lowest BCUT2D eigenvalue weighted by atomic mass is 10.0. The fourth-order valence-corrected chi connectivity index (χ4v) is 3.77. The minimum absolute atomic E-state index is 0.321. The first kappa shape index (κ1) is 15.2. The van der Waals surface area contributed by atoms with Crippen molar-refractivity contribution in [2.45, 2.75) is 4.90 Å². The minimum Gasteiger partial charge on any atom is -0.244 e. The molecule has 0 saturated carbocycles. The fourth-order valence-electron chi connectivity index (χ4n) is 2.16. The van der Waals surface area contributed by atoms with E-state index in [0.29, 0.717) is 10.0 Å². The van der Waals surface area contributed by atoms with Crippen LogP contribution in [-0.4, -0.2) is 19.7 Å². The van der Waals surface area contributed by atoms with Gasteiger partial charge in [-0.05, 0) is 40.6 Å². The van der Waals surface area contributed by atoms with Gasteiger partial charge in [0.25, 0.3) is 0 Å². The number of sulfone groups is 1. The Morgan fingerprint density at radius 1 is 0.955 bits per heavy atom. The van der Waals surface area contributed by atoms with Gasteiger partial charge in [-0.25, -0.2) is 13.4 Å². The fraction of sp³-hybridized carbons (Fsp3) is 0.0625. The van der Waals surface area contributed by atoms with Crippen molar-refractivity contribution in [3.05, 3.63) is 58.5 Å². The molecule has 0 aliphatic heterocycles. The summed E-state index contributed by atoms with van der Waals surface area (Å²) in [6, 6.07) is 10.6. The molecule has 3 nitrogen and oxygen atoms in total. The maximum absolute atomic E-state index is 11.5. The molecule has 0 bridgehead atoms. The van der Waals surface area contributed by atoms with Crippen LogP contribution < -0.4 is 0 Å². The average Bonchev–Trinajstić information content (AvgIpc) is 2.97. The van der Waals surface area contributed by atoms with E-state index in [4.69, 9.17) is 11.6 Å². The van der Waals surface area contributed by atoms with Gasteiger partial charge >= 0.3 is 0 Å². The third-order valence-electron chi connectivity index (χ3n) is 3.29. The van der Waals surface area contributed by atoms with E-state index in [1.165, 1.54) is 6.26 Å². The molecule has 2 aromatic heterocycles. The molecule has 3 aromatic rings. The van der Waals surface area contributed by atoms with Crippen LogP contribution in [0.4, 0.5) is 0 Å². The number of nitrogens with zero attached hydrogens (tertiary/aromatic N) is 1. The van der Waals surface area contributed by atoms with E-state index in [1.54, 1.807) is 35.7 Å². The second kappa shape index (κ2) is 5.83. The first-order chi connectivity index (χ1) is 10.4. The molecule has 0 aliphatic carbocycles. The van der Waals surface area contributed by atoms with Gasteiger partial charge in [-0.3, -0.25) is 0 Å². The summed E-state index contributed by atoms with van der Waals surface area (Å²) in [5.41, 5.74) is 4.06. The number of aromatic nitrogens is 1. The molecule has 0 radical (unpaired) electrons. The smallest absolute Gasteiger partial charge is 0.175 e. The summed E-state index contributed by atoms with van der Waals surface area (Å²) in [5, 5.41) is 4.54. The van der Waals surface area contributed by atoms with Crippen molar-refractivity contribution < 1.29 is 8.42 Å². The summed E-state index contributed by atoms with van der Waals surface area (Å²) in [5.74, 6) is 0. The summed E-state index contributed by atoms with van der Waals surface area (Å²) in [7, 11) is -3.18. The lowest BCUT2D eigenvalue weighted by Crippen LogP contribution is -1.96. The van der Waals surface area contributed by atoms with E-state index in [1.807, 2.05) is 29.0 Å². The SMILES string of the molecule is CS(=O)(=O)c1ccc(-c2cscc2-c2ccc(Cl)nc2)cc1. The molecule has 0 unspecified atom stereocenters. The Kier molecular flexibility index (Phi) is 4.04. The van der Waals surface area contributed by atoms with Crippen LogP contribution >= 0.6 is 22.9 Å². The van der Waals surface area contributed by atoms with Crippen LogP contribution in [0.2, 0.25) is 5.15 Å². The van der Waals surface area contributed by atoms with Gasteiger partial charge in [0.15, 0.2) is 9.84 Å². The number of pyridine rings is 1. The summed E-state index contributed by atoms with van der Waals surface area (Å²) < 4.78 is 23.1. The van der Waals surface area contributed by atoms with Gasteiger partial charge in [-0.15, -0.1) is 0 Å². The maximum atomic E-state index is 11.5. The molecule has 1 aromatic carbocycles. The Morgan fingerprint density at radius 3 is 2.09 bits per heavy atom. The number of hydrogen-bond donors (Lipinski definition) is 0. The lowest BCUT2D eigenvalue weighted by molar-refractivity contribution is 0.602. The minimum atomic E-state index is -3.18. The first-order valence-corrected chi connectivity index (χ1v) is 9.65. The third-order valence-corrected chi connectivity index (χ3v) is 5.39. The second-order valence-electron chi connectivity index (χ2n) is 4.87. The van der Waals surface area contributed by atoms with Gasteiger partial charge in [0.05, 0.1) is 4.90 Å². The van der Waals surface area contributed by atoms with E-state index in [-0.39, 0.29) is 0 Å². The third kappa shape index (κ3) is 3.06. The van der Waals surface area contributed by atoms with E-state index in [0.717, 1.165) is 22.3 Å². The standard InChI is InChI=1S/C16H12ClNO2S2/c1-22(19,20)13-5-2-11(3-6-13)14-9-21-10-15(14)12-4-7-16(17)18-8-12/h2-10H,1H3. The number of benzene rings is 1. The van der Waals surface area contributed by atoms with Crippen LogP contribution in [0.15, 0.2) is 58.3 Å². The molecular weight excluding hydrogens is 338 g/mol. The molecule has 0 fully saturated rings. The summed E-state index contributed by atoms with van der Waals surface area (Å²) >= 11 is 7.42. The summed E-state index contributed by atoms with van der Waals surface area (Å²) in [6.45, 7) is 0. The van der Waals surface area contributed by atoms with Crippen LogP contribution in [0.25, 0.3) is 22.3 Å². The zero-order valence-electron chi connectivity index (χ0n) is 11.7. The van der Waals surface area contributed by atoms with Crippen molar-refractivity contribution in [3.63, 3.8) is 0 Å². The lowest BCUT2D eigenvalue weighted by Gasteiger charge is -2.06. The second-order valence-corrected chi connectivity index (χ2v) is 8.01. The summed E-state index contributed by atoms with van der Waals surface area (Å²) in [6.07, 6.45) is 2.94. The van der Waals surface area contributed by atoms with Crippen molar-refractivity contribution >= 4 is 32.8 Å². The molecule has 2 heterocycles. The number of rotatable bonds is 3. The molecule has 0 spiro atoms. The topological polar surface area (TPSA) is 47.0 Å². The molecule has 0 amide bonds. The highest BCUT2D eigenvalue weighted by Crippen LogP contribution is 2.35. The Hall–Kier alpha value is -1.69. The van der Waals surface area contributed by atoms with Crippen molar-refractivity contribution in [3.8, 4) is 22.3 Å². The predicted molar refractivity (Wildman–Crippen MR) is 91.1 cm³/mol. The molecule has 0 N–H and O–H groups in total. The largest absolute Gasteiger partial charge is 0.244 e. The zero-order valence-corrected chi connectivity index (χ0v) is 14.0. The number of halogens is 1. The van der Waals surface area contributed by atoms with Crippen LogP contribution in [0.3, 0.4) is 0 Å². The van der Waals surface area contributed by atoms with Crippen LogP contribution in [-0.2, 0) is 9.84 Å². The maximum Gasteiger partial charge on any atom is 0.175 e. The van der Waals surface area contributed by atoms with Crippen LogP contribution in [0.1, 0.15) is 0 Å². The first-order valence-electron chi connectivity index (χ1n) is 6.44. The highest BCUT2D eigenvalue weighted by Gasteiger charge is 2.11. The van der Waals surface area contributed by atoms with E-state index < -0.39 is 9.84 Å². The van der Waals surface area contributed by atoms with Crippen molar-refractivity contribution in [1.29, 1.82) is 0 Å². The number of hydrogen-bond acceptors (Lipinski definition) is 4. The Morgan fingerprint density at radius 2 is 1.55 bits per heavy atom. The molecule has 0 aliphatic rings.